The molecule has 2 N–H and O–H groups in total. The molecule has 0 saturated carbocycles. The van der Waals surface area contributed by atoms with Crippen molar-refractivity contribution in [2.75, 3.05) is 18.5 Å². The van der Waals surface area contributed by atoms with Crippen molar-refractivity contribution < 1.29 is 17.9 Å². The van der Waals surface area contributed by atoms with Gasteiger partial charge in [0.1, 0.15) is 19.0 Å². The number of hydrogen-bond donors (Lipinski definition) is 1. The molecule has 0 fully saturated rings. The van der Waals surface area contributed by atoms with Crippen LogP contribution in [0.15, 0.2) is 41.6 Å². The van der Waals surface area contributed by atoms with Crippen LogP contribution in [0.1, 0.15) is 25.6 Å². The number of benzene rings is 1. The summed E-state index contributed by atoms with van der Waals surface area (Å²) in [6.07, 6.45) is 5.06. The van der Waals surface area contributed by atoms with Gasteiger partial charge in [0.2, 0.25) is 16.0 Å². The number of imidazole rings is 1. The maximum Gasteiger partial charge on any atom is 0.326 e. The number of primary sulfonamides is 1. The van der Waals surface area contributed by atoms with Crippen LogP contribution in [0.25, 0.3) is 11.0 Å². The SMILES string of the molecule is CCCCn1c(COC(=O)CN(C)c2ncccn2)nc2cc(S(N)(=O)=O)ccc21. The minimum atomic E-state index is -3.83. The van der Waals surface area contributed by atoms with Gasteiger partial charge in [0, 0.05) is 26.0 Å². The van der Waals surface area contributed by atoms with Gasteiger partial charge >= 0.3 is 5.97 Å². The van der Waals surface area contributed by atoms with Crippen LogP contribution >= 0.6 is 0 Å². The molecule has 10 nitrogen and oxygen atoms in total. The zero-order valence-corrected chi connectivity index (χ0v) is 17.7. The first kappa shape index (κ1) is 21.7. The largest absolute Gasteiger partial charge is 0.456 e. The monoisotopic (exact) mass is 432 g/mol. The smallest absolute Gasteiger partial charge is 0.326 e. The molecule has 0 bridgehead atoms. The van der Waals surface area contributed by atoms with Crippen molar-refractivity contribution in [2.24, 2.45) is 5.14 Å². The average Bonchev–Trinajstić information content (AvgIpc) is 3.07. The van der Waals surface area contributed by atoms with Gasteiger partial charge in [-0.2, -0.15) is 0 Å². The minimum absolute atomic E-state index is 0.0110. The van der Waals surface area contributed by atoms with E-state index in [-0.39, 0.29) is 18.0 Å². The van der Waals surface area contributed by atoms with Gasteiger partial charge in [-0.05, 0) is 30.7 Å². The fourth-order valence-corrected chi connectivity index (χ4v) is 3.49. The Bertz CT molecular complexity index is 1130. The molecule has 0 aliphatic heterocycles. The number of anilines is 1. The lowest BCUT2D eigenvalue weighted by molar-refractivity contribution is -0.143. The number of rotatable bonds is 9. The number of unbranched alkanes of at least 4 members (excludes halogenated alkanes) is 1. The number of aryl methyl sites for hydroxylation is 1. The molecule has 0 spiro atoms. The Morgan fingerprint density at radius 1 is 1.27 bits per heavy atom. The van der Waals surface area contributed by atoms with E-state index in [1.165, 1.54) is 12.1 Å². The number of hydrogen-bond acceptors (Lipinski definition) is 8. The normalized spacial score (nSPS) is 11.6. The fourth-order valence-electron chi connectivity index (χ4n) is 2.96. The Hall–Kier alpha value is -3.05. The Morgan fingerprint density at radius 3 is 2.67 bits per heavy atom. The van der Waals surface area contributed by atoms with Crippen molar-refractivity contribution in [1.29, 1.82) is 0 Å². The van der Waals surface area contributed by atoms with E-state index in [9.17, 15) is 13.2 Å². The fraction of sp³-hybridized carbons (Fsp3) is 0.368. The Labute approximate surface area is 174 Å². The molecular formula is C19H24N6O4S. The molecule has 0 saturated heterocycles. The molecule has 2 heterocycles. The Morgan fingerprint density at radius 2 is 2.00 bits per heavy atom. The van der Waals surface area contributed by atoms with E-state index in [1.54, 1.807) is 36.5 Å². The number of carbonyl (C=O) groups excluding carboxylic acids is 1. The summed E-state index contributed by atoms with van der Waals surface area (Å²) in [6, 6.07) is 6.24. The second-order valence-corrected chi connectivity index (χ2v) is 8.36. The Kier molecular flexibility index (Phi) is 6.63. The number of esters is 1. The summed E-state index contributed by atoms with van der Waals surface area (Å²) in [5, 5.41) is 5.22. The van der Waals surface area contributed by atoms with Crippen LogP contribution in [0.4, 0.5) is 5.95 Å². The summed E-state index contributed by atoms with van der Waals surface area (Å²) < 4.78 is 30.6. The third kappa shape index (κ3) is 5.10. The quantitative estimate of drug-likeness (QED) is 0.502. The van der Waals surface area contributed by atoms with Gasteiger partial charge < -0.3 is 14.2 Å². The first-order valence-corrected chi connectivity index (χ1v) is 11.0. The van der Waals surface area contributed by atoms with Crippen molar-refractivity contribution in [3.8, 4) is 0 Å². The summed E-state index contributed by atoms with van der Waals surface area (Å²) >= 11 is 0. The van der Waals surface area contributed by atoms with Gasteiger partial charge in [0.05, 0.1) is 15.9 Å². The third-order valence-corrected chi connectivity index (χ3v) is 5.40. The minimum Gasteiger partial charge on any atom is -0.456 e. The summed E-state index contributed by atoms with van der Waals surface area (Å²) in [5.41, 5.74) is 1.25. The number of fused-ring (bicyclic) bond motifs is 1. The molecule has 0 aliphatic rings. The highest BCUT2D eigenvalue weighted by Gasteiger charge is 2.17. The van der Waals surface area contributed by atoms with E-state index in [1.807, 2.05) is 4.57 Å². The molecule has 30 heavy (non-hydrogen) atoms. The summed E-state index contributed by atoms with van der Waals surface area (Å²) in [6.45, 7) is 2.69. The van der Waals surface area contributed by atoms with Crippen molar-refractivity contribution >= 4 is 33.0 Å². The molecule has 3 rings (SSSR count). The second kappa shape index (κ2) is 9.18. The van der Waals surface area contributed by atoms with E-state index < -0.39 is 16.0 Å². The number of aromatic nitrogens is 4. The highest BCUT2D eigenvalue weighted by Crippen LogP contribution is 2.21. The number of sulfonamides is 1. The van der Waals surface area contributed by atoms with Crippen LogP contribution in [0, 0.1) is 0 Å². The topological polar surface area (TPSA) is 133 Å². The van der Waals surface area contributed by atoms with Crippen LogP contribution in [0.2, 0.25) is 0 Å². The molecule has 2 aromatic heterocycles. The molecule has 1 aromatic carbocycles. The molecule has 0 unspecified atom stereocenters. The number of carbonyl (C=O) groups is 1. The number of likely N-dealkylation sites (N-methyl/N-ethyl adjacent to an activating group) is 1. The van der Waals surface area contributed by atoms with Gasteiger partial charge in [-0.3, -0.25) is 4.79 Å². The van der Waals surface area contributed by atoms with E-state index >= 15 is 0 Å². The van der Waals surface area contributed by atoms with E-state index in [4.69, 9.17) is 9.88 Å². The van der Waals surface area contributed by atoms with Crippen molar-refractivity contribution in [2.45, 2.75) is 37.8 Å². The maximum absolute atomic E-state index is 12.3. The van der Waals surface area contributed by atoms with Gasteiger partial charge in [-0.15, -0.1) is 0 Å². The zero-order chi connectivity index (χ0) is 21.7. The van der Waals surface area contributed by atoms with E-state index in [2.05, 4.69) is 21.9 Å². The Balaban J connectivity index is 1.77. The van der Waals surface area contributed by atoms with Gasteiger partial charge in [-0.25, -0.2) is 28.5 Å². The molecule has 0 radical (unpaired) electrons. The standard InChI is InChI=1S/C19H24N6O4S/c1-3-4-10-25-16-7-6-14(30(20,27)28)11-15(16)23-17(25)13-29-18(26)12-24(2)19-21-8-5-9-22-19/h5-9,11H,3-4,10,12-13H2,1-2H3,(H2,20,27,28). The molecule has 160 valence electrons. The van der Waals surface area contributed by atoms with Gasteiger partial charge in [-0.1, -0.05) is 13.3 Å². The molecule has 3 aromatic rings. The van der Waals surface area contributed by atoms with Crippen molar-refractivity contribution in [1.82, 2.24) is 19.5 Å². The molecule has 11 heteroatoms. The third-order valence-electron chi connectivity index (χ3n) is 4.48. The first-order valence-electron chi connectivity index (χ1n) is 9.45. The van der Waals surface area contributed by atoms with Crippen LogP contribution in [0.5, 0.6) is 0 Å². The lowest BCUT2D eigenvalue weighted by Crippen LogP contribution is -2.28. The number of nitrogens with zero attached hydrogens (tertiary/aromatic N) is 5. The van der Waals surface area contributed by atoms with E-state index in [0.29, 0.717) is 23.8 Å². The highest BCUT2D eigenvalue weighted by atomic mass is 32.2. The zero-order valence-electron chi connectivity index (χ0n) is 16.9. The van der Waals surface area contributed by atoms with Crippen LogP contribution < -0.4 is 10.0 Å². The molecule has 0 atom stereocenters. The highest BCUT2D eigenvalue weighted by molar-refractivity contribution is 7.89. The lowest BCUT2D eigenvalue weighted by Gasteiger charge is -2.15. The first-order chi connectivity index (χ1) is 14.3. The average molecular weight is 433 g/mol. The van der Waals surface area contributed by atoms with Crippen LogP contribution in [0.3, 0.4) is 0 Å². The predicted octanol–water partition coefficient (Wildman–Crippen LogP) is 1.45. The van der Waals surface area contributed by atoms with Gasteiger partial charge in [0.15, 0.2) is 0 Å². The lowest BCUT2D eigenvalue weighted by atomic mass is 10.3. The second-order valence-electron chi connectivity index (χ2n) is 6.79. The van der Waals surface area contributed by atoms with Crippen LogP contribution in [-0.4, -0.2) is 47.5 Å². The predicted molar refractivity (Wildman–Crippen MR) is 111 cm³/mol. The number of nitrogens with two attached hydrogens (primary N) is 1. The van der Waals surface area contributed by atoms with Crippen molar-refractivity contribution in [3.05, 3.63) is 42.5 Å². The summed E-state index contributed by atoms with van der Waals surface area (Å²) in [5.74, 6) is 0.501. The summed E-state index contributed by atoms with van der Waals surface area (Å²) in [7, 11) is -2.14. The van der Waals surface area contributed by atoms with E-state index in [0.717, 1.165) is 18.4 Å². The van der Waals surface area contributed by atoms with Crippen LogP contribution in [-0.2, 0) is 32.7 Å². The maximum atomic E-state index is 12.3. The molecule has 0 aliphatic carbocycles. The molecule has 0 amide bonds. The van der Waals surface area contributed by atoms with Crippen molar-refractivity contribution in [3.63, 3.8) is 0 Å². The molecular weight excluding hydrogens is 408 g/mol. The van der Waals surface area contributed by atoms with Gasteiger partial charge in [0.25, 0.3) is 0 Å². The summed E-state index contributed by atoms with van der Waals surface area (Å²) in [4.78, 5) is 26.5. The number of ether oxygens (including phenoxy) is 1.